The van der Waals surface area contributed by atoms with Crippen molar-refractivity contribution in [2.24, 2.45) is 5.41 Å². The topological polar surface area (TPSA) is 61.2 Å². The SMILES string of the molecule is CCC(C)(C#N)N1C(=O)CC2(CCCCCC2)C1=O. The lowest BCUT2D eigenvalue weighted by molar-refractivity contribution is -0.146. The van der Waals surface area contributed by atoms with Crippen molar-refractivity contribution >= 4 is 11.8 Å². The summed E-state index contributed by atoms with van der Waals surface area (Å²) in [6, 6.07) is 2.15. The highest BCUT2D eigenvalue weighted by Gasteiger charge is 2.55. The van der Waals surface area contributed by atoms with Crippen molar-refractivity contribution in [1.82, 2.24) is 4.90 Å². The van der Waals surface area contributed by atoms with Crippen LogP contribution < -0.4 is 0 Å². The van der Waals surface area contributed by atoms with Crippen molar-refractivity contribution in [2.75, 3.05) is 0 Å². The number of carbonyl (C=O) groups is 2. The minimum atomic E-state index is -0.982. The third kappa shape index (κ3) is 2.16. The van der Waals surface area contributed by atoms with Crippen molar-refractivity contribution in [3.05, 3.63) is 0 Å². The van der Waals surface area contributed by atoms with Gasteiger partial charge in [0.15, 0.2) is 0 Å². The molecule has 2 rings (SSSR count). The molecule has 0 aromatic carbocycles. The maximum absolute atomic E-state index is 12.8. The first-order valence-corrected chi connectivity index (χ1v) is 7.28. The molecule has 2 amide bonds. The number of carbonyl (C=O) groups excluding carboxylic acids is 2. The van der Waals surface area contributed by atoms with Crippen LogP contribution in [0.2, 0.25) is 0 Å². The number of rotatable bonds is 2. The van der Waals surface area contributed by atoms with Crippen LogP contribution >= 0.6 is 0 Å². The van der Waals surface area contributed by atoms with Crippen molar-refractivity contribution < 1.29 is 9.59 Å². The van der Waals surface area contributed by atoms with E-state index in [1.54, 1.807) is 6.92 Å². The van der Waals surface area contributed by atoms with Gasteiger partial charge in [-0.2, -0.15) is 5.26 Å². The molecule has 1 atom stereocenters. The third-order valence-electron chi connectivity index (χ3n) is 4.88. The summed E-state index contributed by atoms with van der Waals surface area (Å²) in [5.41, 5.74) is -1.48. The van der Waals surface area contributed by atoms with Crippen molar-refractivity contribution in [1.29, 1.82) is 5.26 Å². The Hall–Kier alpha value is -1.37. The second-order valence-electron chi connectivity index (χ2n) is 6.14. The smallest absolute Gasteiger partial charge is 0.237 e. The molecule has 2 fully saturated rings. The van der Waals surface area contributed by atoms with Crippen LogP contribution in [0.3, 0.4) is 0 Å². The first-order valence-electron chi connectivity index (χ1n) is 7.28. The Bertz CT molecular complexity index is 430. The number of likely N-dealkylation sites (tertiary alicyclic amines) is 1. The summed E-state index contributed by atoms with van der Waals surface area (Å²) < 4.78 is 0. The Morgan fingerprint density at radius 1 is 1.26 bits per heavy atom. The number of hydrogen-bond donors (Lipinski definition) is 0. The summed E-state index contributed by atoms with van der Waals surface area (Å²) in [7, 11) is 0. The minimum Gasteiger partial charge on any atom is -0.274 e. The van der Waals surface area contributed by atoms with Crippen LogP contribution in [0.4, 0.5) is 0 Å². The average Bonchev–Trinajstić information content (AvgIpc) is 2.59. The Morgan fingerprint density at radius 2 is 1.84 bits per heavy atom. The molecule has 1 spiro atoms. The van der Waals surface area contributed by atoms with Crippen molar-refractivity contribution in [3.63, 3.8) is 0 Å². The molecule has 0 bridgehead atoms. The summed E-state index contributed by atoms with van der Waals surface area (Å²) >= 11 is 0. The lowest BCUT2D eigenvalue weighted by Crippen LogP contribution is -2.50. The fraction of sp³-hybridized carbons (Fsp3) is 0.800. The third-order valence-corrected chi connectivity index (χ3v) is 4.88. The van der Waals surface area contributed by atoms with Crippen LogP contribution in [0.15, 0.2) is 0 Å². The maximum Gasteiger partial charge on any atom is 0.237 e. The molecule has 1 heterocycles. The van der Waals surface area contributed by atoms with E-state index < -0.39 is 11.0 Å². The van der Waals surface area contributed by atoms with Gasteiger partial charge in [0.2, 0.25) is 11.8 Å². The zero-order valence-corrected chi connectivity index (χ0v) is 11.9. The van der Waals surface area contributed by atoms with Gasteiger partial charge in [0, 0.05) is 6.42 Å². The highest BCUT2D eigenvalue weighted by Crippen LogP contribution is 2.46. The molecule has 4 nitrogen and oxygen atoms in total. The summed E-state index contributed by atoms with van der Waals surface area (Å²) in [6.07, 6.45) is 6.72. The van der Waals surface area contributed by atoms with Crippen molar-refractivity contribution in [3.8, 4) is 6.07 Å². The average molecular weight is 262 g/mol. The van der Waals surface area contributed by atoms with Gasteiger partial charge in [0.05, 0.1) is 11.5 Å². The standard InChI is InChI=1S/C15H22N2O2/c1-3-14(2,11-16)17-12(18)10-15(13(17)19)8-6-4-5-7-9-15/h3-10H2,1-2H3. The van der Waals surface area contributed by atoms with E-state index in [-0.39, 0.29) is 11.8 Å². The Balaban J connectivity index is 2.33. The van der Waals surface area contributed by atoms with Crippen LogP contribution in [0.5, 0.6) is 0 Å². The van der Waals surface area contributed by atoms with Gasteiger partial charge in [-0.25, -0.2) is 0 Å². The monoisotopic (exact) mass is 262 g/mol. The van der Waals surface area contributed by atoms with Gasteiger partial charge in [-0.15, -0.1) is 0 Å². The minimum absolute atomic E-state index is 0.0923. The fourth-order valence-electron chi connectivity index (χ4n) is 3.38. The predicted molar refractivity (Wildman–Crippen MR) is 70.9 cm³/mol. The number of hydrogen-bond acceptors (Lipinski definition) is 3. The highest BCUT2D eigenvalue weighted by atomic mass is 16.2. The molecule has 4 heteroatoms. The van der Waals surface area contributed by atoms with Crippen LogP contribution in [0.25, 0.3) is 0 Å². The van der Waals surface area contributed by atoms with Gasteiger partial charge < -0.3 is 0 Å². The Kier molecular flexibility index (Phi) is 3.66. The van der Waals surface area contributed by atoms with Gasteiger partial charge in [-0.05, 0) is 26.2 Å². The zero-order valence-electron chi connectivity index (χ0n) is 11.9. The van der Waals surface area contributed by atoms with Gasteiger partial charge in [-0.3, -0.25) is 14.5 Å². The summed E-state index contributed by atoms with van der Waals surface area (Å²) in [5, 5.41) is 9.33. The largest absolute Gasteiger partial charge is 0.274 e. The molecule has 0 aromatic heterocycles. The molecule has 19 heavy (non-hydrogen) atoms. The normalized spacial score (nSPS) is 26.1. The van der Waals surface area contributed by atoms with E-state index in [1.807, 2.05) is 6.92 Å². The van der Waals surface area contributed by atoms with E-state index in [4.69, 9.17) is 0 Å². The van der Waals surface area contributed by atoms with Gasteiger partial charge in [0.1, 0.15) is 5.54 Å². The predicted octanol–water partition coefficient (Wildman–Crippen LogP) is 2.78. The zero-order chi connectivity index (χ0) is 14.1. The lowest BCUT2D eigenvalue weighted by atomic mass is 9.78. The quantitative estimate of drug-likeness (QED) is 0.719. The number of imide groups is 1. The van der Waals surface area contributed by atoms with Crippen LogP contribution in [0.1, 0.15) is 65.2 Å². The Labute approximate surface area is 114 Å². The molecule has 104 valence electrons. The van der Waals surface area contributed by atoms with Crippen molar-refractivity contribution in [2.45, 2.75) is 70.8 Å². The number of nitrogens with zero attached hydrogens (tertiary/aromatic N) is 2. The van der Waals surface area contributed by atoms with Gasteiger partial charge in [0.25, 0.3) is 0 Å². The van der Waals surface area contributed by atoms with Crippen LogP contribution in [0, 0.1) is 16.7 Å². The van der Waals surface area contributed by atoms with E-state index in [0.29, 0.717) is 12.8 Å². The van der Waals surface area contributed by atoms with Gasteiger partial charge >= 0.3 is 0 Å². The number of amides is 2. The van der Waals surface area contributed by atoms with E-state index >= 15 is 0 Å². The van der Waals surface area contributed by atoms with E-state index in [1.165, 1.54) is 4.90 Å². The van der Waals surface area contributed by atoms with Crippen LogP contribution in [-0.2, 0) is 9.59 Å². The fourth-order valence-corrected chi connectivity index (χ4v) is 3.38. The van der Waals surface area contributed by atoms with Gasteiger partial charge in [-0.1, -0.05) is 32.6 Å². The molecule has 1 aliphatic heterocycles. The molecule has 1 unspecified atom stereocenters. The van der Waals surface area contributed by atoms with E-state index in [9.17, 15) is 14.9 Å². The first kappa shape index (κ1) is 14.0. The maximum atomic E-state index is 12.8. The second kappa shape index (κ2) is 4.96. The van der Waals surface area contributed by atoms with E-state index in [2.05, 4.69) is 6.07 Å². The molecule has 1 aliphatic carbocycles. The molecular formula is C15H22N2O2. The molecule has 2 aliphatic rings. The summed E-state index contributed by atoms with van der Waals surface area (Å²) in [4.78, 5) is 26.3. The molecule has 1 saturated carbocycles. The molecule has 1 saturated heterocycles. The van der Waals surface area contributed by atoms with E-state index in [0.717, 1.165) is 38.5 Å². The molecule has 0 radical (unpaired) electrons. The molecule has 0 aromatic rings. The first-order chi connectivity index (χ1) is 8.99. The Morgan fingerprint density at radius 3 is 2.32 bits per heavy atom. The molecular weight excluding hydrogens is 240 g/mol. The highest BCUT2D eigenvalue weighted by molar-refractivity contribution is 6.07. The number of nitriles is 1. The summed E-state index contributed by atoms with van der Waals surface area (Å²) in [6.45, 7) is 3.54. The molecule has 0 N–H and O–H groups in total. The summed E-state index contributed by atoms with van der Waals surface area (Å²) in [5.74, 6) is -0.247. The second-order valence-corrected chi connectivity index (χ2v) is 6.14. The lowest BCUT2D eigenvalue weighted by Gasteiger charge is -2.32. The van der Waals surface area contributed by atoms with Crippen LogP contribution in [-0.4, -0.2) is 22.3 Å².